The molecule has 0 unspecified atom stereocenters. The van der Waals surface area contributed by atoms with Gasteiger partial charge in [0, 0.05) is 11.8 Å². The summed E-state index contributed by atoms with van der Waals surface area (Å²) < 4.78 is 0. The van der Waals surface area contributed by atoms with Crippen LogP contribution in [0.4, 0.5) is 10.5 Å². The van der Waals surface area contributed by atoms with Crippen molar-refractivity contribution in [3.05, 3.63) is 65.7 Å². The van der Waals surface area contributed by atoms with Crippen LogP contribution in [0.1, 0.15) is 15.9 Å². The summed E-state index contributed by atoms with van der Waals surface area (Å²) in [5, 5.41) is 5.83. The first-order valence-corrected chi connectivity index (χ1v) is 8.12. The Balaban J connectivity index is 1.77. The number of urea groups is 1. The normalized spacial score (nSPS) is 17.1. The van der Waals surface area contributed by atoms with E-state index in [1.165, 1.54) is 0 Å². The van der Waals surface area contributed by atoms with Crippen LogP contribution in [0.25, 0.3) is 0 Å². The smallest absolute Gasteiger partial charge is 0.276 e. The monoisotopic (exact) mass is 364 g/mol. The number of amides is 5. The Labute approximate surface area is 154 Å². The van der Waals surface area contributed by atoms with Crippen LogP contribution in [0, 0.1) is 12.8 Å². The molecule has 0 spiro atoms. The number of nitrogens with zero attached hydrogens (tertiary/aromatic N) is 2. The van der Waals surface area contributed by atoms with Crippen molar-refractivity contribution < 1.29 is 19.2 Å². The van der Waals surface area contributed by atoms with E-state index in [0.717, 1.165) is 11.1 Å². The Morgan fingerprint density at radius 1 is 1.07 bits per heavy atom. The van der Waals surface area contributed by atoms with Crippen LogP contribution in [0.5, 0.6) is 0 Å². The van der Waals surface area contributed by atoms with Gasteiger partial charge in [0.1, 0.15) is 0 Å². The number of para-hydroxylation sites is 1. The number of nitrogens with one attached hydrogen (secondary N) is 2. The molecule has 1 heterocycles. The molecule has 0 aromatic heterocycles. The second-order valence-corrected chi connectivity index (χ2v) is 5.82. The SMILES string of the molecule is Cc1ccccc1N1C(=O)NC(=O)[C@H](/C=N\NC(=O)c2ccccc2)C1=O. The molecule has 1 aliphatic heterocycles. The summed E-state index contributed by atoms with van der Waals surface area (Å²) in [5.41, 5.74) is 3.71. The van der Waals surface area contributed by atoms with Gasteiger partial charge in [-0.25, -0.2) is 15.1 Å². The van der Waals surface area contributed by atoms with Crippen molar-refractivity contribution in [2.45, 2.75) is 6.92 Å². The van der Waals surface area contributed by atoms with Gasteiger partial charge in [-0.1, -0.05) is 36.4 Å². The van der Waals surface area contributed by atoms with Crippen molar-refractivity contribution in [2.24, 2.45) is 11.0 Å². The largest absolute Gasteiger partial charge is 0.335 e. The molecule has 1 atom stereocenters. The molecule has 1 fully saturated rings. The Morgan fingerprint density at radius 3 is 2.44 bits per heavy atom. The van der Waals surface area contributed by atoms with Gasteiger partial charge in [-0.3, -0.25) is 19.7 Å². The van der Waals surface area contributed by atoms with Crippen molar-refractivity contribution in [2.75, 3.05) is 4.90 Å². The number of carbonyl (C=O) groups is 4. The second kappa shape index (κ2) is 7.61. The molecule has 2 aromatic rings. The number of carbonyl (C=O) groups excluding carboxylic acids is 4. The molecule has 5 amide bonds. The number of imide groups is 2. The molecule has 0 aliphatic carbocycles. The maximum absolute atomic E-state index is 12.7. The van der Waals surface area contributed by atoms with Crippen LogP contribution in [0.15, 0.2) is 59.7 Å². The Hall–Kier alpha value is -3.81. The molecule has 0 saturated carbocycles. The lowest BCUT2D eigenvalue weighted by molar-refractivity contribution is -0.131. The Morgan fingerprint density at radius 2 is 1.74 bits per heavy atom. The van der Waals surface area contributed by atoms with E-state index < -0.39 is 29.7 Å². The lowest BCUT2D eigenvalue weighted by Crippen LogP contribution is -2.59. The van der Waals surface area contributed by atoms with E-state index in [9.17, 15) is 19.2 Å². The summed E-state index contributed by atoms with van der Waals surface area (Å²) in [6.07, 6.45) is 1.01. The molecular formula is C19H16N4O4. The average molecular weight is 364 g/mol. The number of hydrogen-bond donors (Lipinski definition) is 2. The van der Waals surface area contributed by atoms with Crippen LogP contribution in [0.2, 0.25) is 0 Å². The number of benzene rings is 2. The highest BCUT2D eigenvalue weighted by molar-refractivity contribution is 6.32. The van der Waals surface area contributed by atoms with Gasteiger partial charge in [0.15, 0.2) is 5.92 Å². The summed E-state index contributed by atoms with van der Waals surface area (Å²) in [4.78, 5) is 49.7. The van der Waals surface area contributed by atoms with E-state index in [1.807, 2.05) is 0 Å². The van der Waals surface area contributed by atoms with Crippen LogP contribution >= 0.6 is 0 Å². The third-order valence-corrected chi connectivity index (χ3v) is 3.98. The number of rotatable bonds is 4. The van der Waals surface area contributed by atoms with Gasteiger partial charge in [-0.2, -0.15) is 5.10 Å². The summed E-state index contributed by atoms with van der Waals surface area (Å²) in [6.45, 7) is 1.75. The summed E-state index contributed by atoms with van der Waals surface area (Å²) in [6, 6.07) is 14.3. The second-order valence-electron chi connectivity index (χ2n) is 5.82. The van der Waals surface area contributed by atoms with Crippen molar-refractivity contribution in [3.8, 4) is 0 Å². The first-order valence-electron chi connectivity index (χ1n) is 8.12. The zero-order valence-electron chi connectivity index (χ0n) is 14.4. The van der Waals surface area contributed by atoms with E-state index in [4.69, 9.17) is 0 Å². The number of hydrogen-bond acceptors (Lipinski definition) is 5. The highest BCUT2D eigenvalue weighted by Gasteiger charge is 2.40. The molecule has 27 heavy (non-hydrogen) atoms. The van der Waals surface area contributed by atoms with Crippen LogP contribution in [-0.2, 0) is 9.59 Å². The highest BCUT2D eigenvalue weighted by Crippen LogP contribution is 2.23. The molecule has 8 heteroatoms. The molecule has 2 N–H and O–H groups in total. The molecular weight excluding hydrogens is 348 g/mol. The van der Waals surface area contributed by atoms with E-state index in [-0.39, 0.29) is 0 Å². The van der Waals surface area contributed by atoms with Gasteiger partial charge in [-0.15, -0.1) is 0 Å². The fraction of sp³-hybridized carbons (Fsp3) is 0.105. The predicted octanol–water partition coefficient (Wildman–Crippen LogP) is 1.61. The van der Waals surface area contributed by atoms with Crippen molar-refractivity contribution in [1.29, 1.82) is 0 Å². The van der Waals surface area contributed by atoms with Gasteiger partial charge in [0.05, 0.1) is 5.69 Å². The highest BCUT2D eigenvalue weighted by atomic mass is 16.2. The zero-order valence-corrected chi connectivity index (χ0v) is 14.4. The number of hydrazone groups is 1. The van der Waals surface area contributed by atoms with Gasteiger partial charge in [-0.05, 0) is 30.7 Å². The minimum Gasteiger partial charge on any atom is -0.276 e. The van der Waals surface area contributed by atoms with E-state index in [1.54, 1.807) is 61.5 Å². The van der Waals surface area contributed by atoms with E-state index in [0.29, 0.717) is 16.8 Å². The third kappa shape index (κ3) is 3.74. The van der Waals surface area contributed by atoms with Crippen LogP contribution in [-0.4, -0.2) is 30.0 Å². The first kappa shape index (κ1) is 18.0. The third-order valence-electron chi connectivity index (χ3n) is 3.98. The summed E-state index contributed by atoms with van der Waals surface area (Å²) in [7, 11) is 0. The van der Waals surface area contributed by atoms with Gasteiger partial charge < -0.3 is 0 Å². The maximum Gasteiger partial charge on any atom is 0.335 e. The molecule has 0 bridgehead atoms. The number of aryl methyl sites for hydroxylation is 1. The molecule has 1 aliphatic rings. The van der Waals surface area contributed by atoms with Crippen molar-refractivity contribution in [3.63, 3.8) is 0 Å². The molecule has 2 aromatic carbocycles. The first-order chi connectivity index (χ1) is 13.0. The molecule has 1 saturated heterocycles. The van der Waals surface area contributed by atoms with Crippen molar-refractivity contribution >= 4 is 35.7 Å². The lowest BCUT2D eigenvalue weighted by atomic mass is 10.0. The predicted molar refractivity (Wildman–Crippen MR) is 98.1 cm³/mol. The fourth-order valence-electron chi connectivity index (χ4n) is 2.59. The topological polar surface area (TPSA) is 108 Å². The Bertz CT molecular complexity index is 940. The minimum absolute atomic E-state index is 0.374. The standard InChI is InChI=1S/C19H16N4O4/c1-12-7-5-6-10-15(12)23-18(26)14(17(25)21-19(23)27)11-20-22-16(24)13-8-3-2-4-9-13/h2-11,14H,1H3,(H,22,24)(H,21,25,27)/b20-11-/t14-/m0/s1. The number of anilines is 1. The van der Waals surface area contributed by atoms with Gasteiger partial charge in [0.25, 0.3) is 11.8 Å². The van der Waals surface area contributed by atoms with E-state index in [2.05, 4.69) is 15.8 Å². The quantitative estimate of drug-likeness (QED) is 0.488. The van der Waals surface area contributed by atoms with Crippen LogP contribution in [0.3, 0.4) is 0 Å². The van der Waals surface area contributed by atoms with E-state index >= 15 is 0 Å². The van der Waals surface area contributed by atoms with Crippen LogP contribution < -0.4 is 15.6 Å². The maximum atomic E-state index is 12.7. The van der Waals surface area contributed by atoms with Crippen molar-refractivity contribution in [1.82, 2.24) is 10.7 Å². The average Bonchev–Trinajstić information content (AvgIpc) is 2.66. The Kier molecular flexibility index (Phi) is 5.07. The molecule has 0 radical (unpaired) electrons. The number of barbiturate groups is 1. The van der Waals surface area contributed by atoms with Gasteiger partial charge in [0.2, 0.25) is 5.91 Å². The zero-order chi connectivity index (χ0) is 19.4. The minimum atomic E-state index is -1.33. The molecule has 8 nitrogen and oxygen atoms in total. The summed E-state index contributed by atoms with van der Waals surface area (Å²) in [5.74, 6) is -3.36. The van der Waals surface area contributed by atoms with Gasteiger partial charge >= 0.3 is 6.03 Å². The summed E-state index contributed by atoms with van der Waals surface area (Å²) >= 11 is 0. The molecule has 136 valence electrons. The molecule has 3 rings (SSSR count). The lowest BCUT2D eigenvalue weighted by Gasteiger charge is -2.29. The fourth-order valence-corrected chi connectivity index (χ4v) is 2.59.